The van der Waals surface area contributed by atoms with E-state index in [2.05, 4.69) is 10.6 Å². The fraction of sp³-hybridized carbons (Fsp3) is 0.423. The largest absolute Gasteiger partial charge is 0.459 e. The lowest BCUT2D eigenvalue weighted by molar-refractivity contribution is -0.153. The van der Waals surface area contributed by atoms with E-state index < -0.39 is 30.1 Å². The third kappa shape index (κ3) is 8.17. The van der Waals surface area contributed by atoms with Gasteiger partial charge in [0, 0.05) is 13.1 Å². The van der Waals surface area contributed by atoms with Crippen LogP contribution in [0, 0.1) is 6.92 Å². The molecule has 0 unspecified atom stereocenters. The number of carbonyl (C=O) groups is 3. The summed E-state index contributed by atoms with van der Waals surface area (Å²) >= 11 is 0. The first kappa shape index (κ1) is 26.3. The van der Waals surface area contributed by atoms with Gasteiger partial charge in [-0.1, -0.05) is 60.2 Å². The fourth-order valence-corrected chi connectivity index (χ4v) is 3.63. The highest BCUT2D eigenvalue weighted by Crippen LogP contribution is 2.19. The van der Waals surface area contributed by atoms with Gasteiger partial charge in [0.2, 0.25) is 11.8 Å². The highest BCUT2D eigenvalue weighted by molar-refractivity contribution is 5.91. The van der Waals surface area contributed by atoms with Gasteiger partial charge in [-0.3, -0.25) is 14.5 Å². The minimum Gasteiger partial charge on any atom is -0.459 e. The summed E-state index contributed by atoms with van der Waals surface area (Å²) in [5, 5.41) is 16.2. The van der Waals surface area contributed by atoms with Crippen molar-refractivity contribution in [3.63, 3.8) is 0 Å². The van der Waals surface area contributed by atoms with E-state index in [1.54, 1.807) is 24.3 Å². The first-order valence-corrected chi connectivity index (χ1v) is 11.7. The van der Waals surface area contributed by atoms with Crippen LogP contribution in [-0.4, -0.2) is 72.7 Å². The summed E-state index contributed by atoms with van der Waals surface area (Å²) in [7, 11) is 0. The standard InChI is InChI=1S/C26H33N3O6/c1-18-8-10-21(11-9-18)24(31)23(26(33)35-17-20-6-4-3-5-7-20)28-25(32)19(2)27-22(30)16-29-12-14-34-15-13-29/h3-11,19,23-24,31H,12-17H2,1-2H3,(H,27,30)(H,28,32)/t19-,23-,24+/m0/s1. The van der Waals surface area contributed by atoms with Crippen molar-refractivity contribution in [3.8, 4) is 0 Å². The molecular weight excluding hydrogens is 450 g/mol. The molecule has 3 N–H and O–H groups in total. The number of esters is 1. The lowest BCUT2D eigenvalue weighted by Crippen LogP contribution is -2.54. The minimum absolute atomic E-state index is 0.00149. The molecule has 0 aromatic heterocycles. The van der Waals surface area contributed by atoms with Gasteiger partial charge in [0.1, 0.15) is 18.8 Å². The van der Waals surface area contributed by atoms with Crippen molar-refractivity contribution in [2.75, 3.05) is 32.8 Å². The number of carbonyl (C=O) groups excluding carboxylic acids is 3. The van der Waals surface area contributed by atoms with Gasteiger partial charge in [-0.05, 0) is 25.0 Å². The number of hydrogen-bond donors (Lipinski definition) is 3. The van der Waals surface area contributed by atoms with Crippen molar-refractivity contribution in [2.45, 2.75) is 38.6 Å². The first-order valence-electron chi connectivity index (χ1n) is 11.7. The molecular formula is C26H33N3O6. The van der Waals surface area contributed by atoms with Crippen molar-refractivity contribution in [2.24, 2.45) is 0 Å². The molecule has 3 rings (SSSR count). The van der Waals surface area contributed by atoms with Gasteiger partial charge in [-0.2, -0.15) is 0 Å². The Bertz CT molecular complexity index is 976. The third-order valence-corrected chi connectivity index (χ3v) is 5.75. The summed E-state index contributed by atoms with van der Waals surface area (Å²) in [6, 6.07) is 13.8. The smallest absolute Gasteiger partial charge is 0.332 e. The number of nitrogens with one attached hydrogen (secondary N) is 2. The molecule has 0 radical (unpaired) electrons. The van der Waals surface area contributed by atoms with Crippen LogP contribution in [0.15, 0.2) is 54.6 Å². The fourth-order valence-electron chi connectivity index (χ4n) is 3.63. The van der Waals surface area contributed by atoms with Crippen LogP contribution < -0.4 is 10.6 Å². The Morgan fingerprint density at radius 1 is 1.03 bits per heavy atom. The molecule has 9 nitrogen and oxygen atoms in total. The summed E-state index contributed by atoms with van der Waals surface area (Å²) in [6.45, 7) is 5.99. The van der Waals surface area contributed by atoms with Crippen LogP contribution >= 0.6 is 0 Å². The highest BCUT2D eigenvalue weighted by atomic mass is 16.5. The quantitative estimate of drug-likeness (QED) is 0.433. The Kier molecular flexibility index (Phi) is 9.77. The van der Waals surface area contributed by atoms with E-state index in [4.69, 9.17) is 9.47 Å². The van der Waals surface area contributed by atoms with E-state index in [1.807, 2.05) is 42.2 Å². The lowest BCUT2D eigenvalue weighted by atomic mass is 10.0. The maximum Gasteiger partial charge on any atom is 0.332 e. The number of benzene rings is 2. The van der Waals surface area contributed by atoms with Gasteiger partial charge in [0.25, 0.3) is 0 Å². The molecule has 1 heterocycles. The second-order valence-corrected chi connectivity index (χ2v) is 8.61. The molecule has 1 saturated heterocycles. The number of aryl methyl sites for hydroxylation is 1. The van der Waals surface area contributed by atoms with Crippen molar-refractivity contribution in [1.29, 1.82) is 0 Å². The number of rotatable bonds is 10. The molecule has 0 bridgehead atoms. The van der Waals surface area contributed by atoms with Crippen LogP contribution in [0.5, 0.6) is 0 Å². The van der Waals surface area contributed by atoms with Gasteiger partial charge in [-0.25, -0.2) is 4.79 Å². The average molecular weight is 484 g/mol. The minimum atomic E-state index is -1.35. The SMILES string of the molecule is Cc1ccc([C@@H](O)[C@H](NC(=O)[C@H](C)NC(=O)CN2CCOCC2)C(=O)OCc2ccccc2)cc1. The Balaban J connectivity index is 1.64. The third-order valence-electron chi connectivity index (χ3n) is 5.75. The first-order chi connectivity index (χ1) is 16.8. The molecule has 3 atom stereocenters. The molecule has 35 heavy (non-hydrogen) atoms. The van der Waals surface area contributed by atoms with E-state index >= 15 is 0 Å². The van der Waals surface area contributed by atoms with E-state index in [9.17, 15) is 19.5 Å². The van der Waals surface area contributed by atoms with E-state index in [0.717, 1.165) is 11.1 Å². The molecule has 1 aliphatic rings. The van der Waals surface area contributed by atoms with Crippen LogP contribution in [0.4, 0.5) is 0 Å². The van der Waals surface area contributed by atoms with Crippen molar-refractivity contribution < 1.29 is 29.0 Å². The summed E-state index contributed by atoms with van der Waals surface area (Å²) in [5.41, 5.74) is 2.23. The highest BCUT2D eigenvalue weighted by Gasteiger charge is 2.33. The van der Waals surface area contributed by atoms with Crippen LogP contribution in [0.3, 0.4) is 0 Å². The van der Waals surface area contributed by atoms with Crippen LogP contribution in [0.2, 0.25) is 0 Å². The zero-order valence-corrected chi connectivity index (χ0v) is 20.1. The molecule has 188 valence electrons. The Hall–Kier alpha value is -3.27. The molecule has 1 aliphatic heterocycles. The second kappa shape index (κ2) is 13.0. The molecule has 9 heteroatoms. The van der Waals surface area contributed by atoms with Gasteiger partial charge in [0.05, 0.1) is 19.8 Å². The molecule has 0 saturated carbocycles. The normalized spacial score (nSPS) is 16.5. The predicted molar refractivity (Wildman–Crippen MR) is 129 cm³/mol. The second-order valence-electron chi connectivity index (χ2n) is 8.61. The van der Waals surface area contributed by atoms with Gasteiger partial charge in [-0.15, -0.1) is 0 Å². The zero-order valence-electron chi connectivity index (χ0n) is 20.1. The van der Waals surface area contributed by atoms with E-state index in [0.29, 0.717) is 31.9 Å². The summed E-state index contributed by atoms with van der Waals surface area (Å²) in [4.78, 5) is 40.1. The van der Waals surface area contributed by atoms with Crippen molar-refractivity contribution >= 4 is 17.8 Å². The summed E-state index contributed by atoms with van der Waals surface area (Å²) < 4.78 is 10.7. The number of aliphatic hydroxyl groups is 1. The average Bonchev–Trinajstić information content (AvgIpc) is 2.86. The van der Waals surface area contributed by atoms with Crippen molar-refractivity contribution in [1.82, 2.24) is 15.5 Å². The Labute approximate surface area is 205 Å². The van der Waals surface area contributed by atoms with Gasteiger partial charge in [0.15, 0.2) is 6.04 Å². The van der Waals surface area contributed by atoms with Gasteiger partial charge >= 0.3 is 5.97 Å². The molecule has 0 spiro atoms. The molecule has 0 aliphatic carbocycles. The topological polar surface area (TPSA) is 117 Å². The molecule has 1 fully saturated rings. The van der Waals surface area contributed by atoms with Gasteiger partial charge < -0.3 is 25.2 Å². The molecule has 2 amide bonds. The lowest BCUT2D eigenvalue weighted by Gasteiger charge is -2.27. The number of nitrogens with zero attached hydrogens (tertiary/aromatic N) is 1. The molecule has 2 aromatic carbocycles. The van der Waals surface area contributed by atoms with E-state index in [1.165, 1.54) is 6.92 Å². The van der Waals surface area contributed by atoms with E-state index in [-0.39, 0.29) is 19.1 Å². The van der Waals surface area contributed by atoms with Crippen LogP contribution in [-0.2, 0) is 30.5 Å². The van der Waals surface area contributed by atoms with Crippen LogP contribution in [0.1, 0.15) is 29.7 Å². The van der Waals surface area contributed by atoms with Crippen LogP contribution in [0.25, 0.3) is 0 Å². The zero-order chi connectivity index (χ0) is 25.2. The summed E-state index contributed by atoms with van der Waals surface area (Å²) in [6.07, 6.45) is -1.33. The number of morpholine rings is 1. The number of hydrogen-bond acceptors (Lipinski definition) is 7. The van der Waals surface area contributed by atoms with Crippen molar-refractivity contribution in [3.05, 3.63) is 71.3 Å². The maximum absolute atomic E-state index is 12.9. The Morgan fingerprint density at radius 3 is 2.34 bits per heavy atom. The predicted octanol–water partition coefficient (Wildman–Crippen LogP) is 1.09. The monoisotopic (exact) mass is 483 g/mol. The summed E-state index contributed by atoms with van der Waals surface area (Å²) in [5.74, 6) is -1.69. The maximum atomic E-state index is 12.9. The number of amides is 2. The molecule has 2 aromatic rings. The number of aliphatic hydroxyl groups excluding tert-OH is 1. The number of ether oxygens (including phenoxy) is 2. The Morgan fingerprint density at radius 2 is 1.69 bits per heavy atom.